The van der Waals surface area contributed by atoms with Crippen molar-refractivity contribution in [3.8, 4) is 22.3 Å². The molecule has 0 atom stereocenters. The van der Waals surface area contributed by atoms with Gasteiger partial charge < -0.3 is 0 Å². The first-order chi connectivity index (χ1) is 14.4. The van der Waals surface area contributed by atoms with Gasteiger partial charge in [-0.05, 0) is 120 Å². The predicted octanol–water partition coefficient (Wildman–Crippen LogP) is 8.46. The zero-order valence-electron chi connectivity index (χ0n) is 17.0. The Hall–Kier alpha value is -1.66. The minimum atomic E-state index is 0.146. The van der Waals surface area contributed by atoms with Crippen molar-refractivity contribution in [2.45, 2.75) is 25.7 Å². The summed E-state index contributed by atoms with van der Waals surface area (Å²) >= 11 is 4.76. The van der Waals surface area contributed by atoms with Gasteiger partial charge >= 0.3 is 0 Å². The highest BCUT2D eigenvalue weighted by atomic mass is 127. The Labute approximate surface area is 206 Å². The maximum Gasteiger partial charge on any atom is 0.0159 e. The number of hydrogen-bond acceptors (Lipinski definition) is 0. The smallest absolute Gasteiger partial charge is 0.0159 e. The van der Waals surface area contributed by atoms with E-state index in [1.807, 2.05) is 0 Å². The molecule has 0 saturated heterocycles. The van der Waals surface area contributed by atoms with Gasteiger partial charge in [0.1, 0.15) is 0 Å². The molecule has 0 aliphatic heterocycles. The fourth-order valence-corrected chi connectivity index (χ4v) is 5.84. The van der Waals surface area contributed by atoms with Crippen LogP contribution in [0.2, 0.25) is 0 Å². The van der Waals surface area contributed by atoms with E-state index >= 15 is 0 Å². The second kappa shape index (κ2) is 7.79. The summed E-state index contributed by atoms with van der Waals surface area (Å²) in [7, 11) is 0. The Kier molecular flexibility index (Phi) is 5.26. The second-order valence-corrected chi connectivity index (χ2v) is 11.0. The van der Waals surface area contributed by atoms with Crippen molar-refractivity contribution in [3.63, 3.8) is 0 Å². The van der Waals surface area contributed by atoms with E-state index in [2.05, 4.69) is 144 Å². The summed E-state index contributed by atoms with van der Waals surface area (Å²) < 4.78 is 2.64. The first kappa shape index (κ1) is 20.3. The summed E-state index contributed by atoms with van der Waals surface area (Å²) in [6.45, 7) is 4.63. The lowest BCUT2D eigenvalue weighted by molar-refractivity contribution is 0.660. The molecule has 0 nitrogen and oxygen atoms in total. The zero-order chi connectivity index (χ0) is 20.9. The molecule has 0 aromatic heterocycles. The Morgan fingerprint density at radius 2 is 1.13 bits per heavy atom. The molecule has 30 heavy (non-hydrogen) atoms. The van der Waals surface area contributed by atoms with E-state index in [4.69, 9.17) is 0 Å². The van der Waals surface area contributed by atoms with Crippen LogP contribution in [0.15, 0.2) is 84.9 Å². The topological polar surface area (TPSA) is 0 Å². The molecule has 0 unspecified atom stereocenters. The standard InChI is InChI=1S/C15H13I.C13H9I/c1-15(2)13-6-4-3-5-11(13)12-8-7-10(16)9-14(12)15;14-11-5-6-13-10(8-11)7-9-3-1-2-4-12(9)13/h3-9H,1-2H3;1-6,8H,7H2. The lowest BCUT2D eigenvalue weighted by Gasteiger charge is -2.21. The van der Waals surface area contributed by atoms with Crippen LogP contribution in [-0.4, -0.2) is 0 Å². The molecular weight excluding hydrogens is 590 g/mol. The Bertz CT molecular complexity index is 1270. The summed E-state index contributed by atoms with van der Waals surface area (Å²) in [6.07, 6.45) is 1.10. The summed E-state index contributed by atoms with van der Waals surface area (Å²) in [4.78, 5) is 0. The average molecular weight is 612 g/mol. The molecule has 4 aromatic carbocycles. The fraction of sp³-hybridized carbons (Fsp3) is 0.143. The third-order valence-corrected chi connectivity index (χ3v) is 7.64. The molecule has 0 radical (unpaired) electrons. The van der Waals surface area contributed by atoms with Crippen LogP contribution < -0.4 is 0 Å². The second-order valence-electron chi connectivity index (χ2n) is 8.50. The van der Waals surface area contributed by atoms with Gasteiger partial charge in [0.05, 0.1) is 0 Å². The van der Waals surface area contributed by atoms with Crippen molar-refractivity contribution in [2.75, 3.05) is 0 Å². The van der Waals surface area contributed by atoms with E-state index in [9.17, 15) is 0 Å². The first-order valence-electron chi connectivity index (χ1n) is 10.2. The number of fused-ring (bicyclic) bond motifs is 6. The molecular formula is C28H22I2. The van der Waals surface area contributed by atoms with Gasteiger partial charge in [-0.15, -0.1) is 0 Å². The molecule has 0 heterocycles. The van der Waals surface area contributed by atoms with Crippen molar-refractivity contribution in [1.82, 2.24) is 0 Å². The molecule has 0 fully saturated rings. The number of halogens is 2. The van der Waals surface area contributed by atoms with Gasteiger partial charge in [0.15, 0.2) is 0 Å². The van der Waals surface area contributed by atoms with Gasteiger partial charge in [0.2, 0.25) is 0 Å². The van der Waals surface area contributed by atoms with E-state index in [-0.39, 0.29) is 5.41 Å². The normalized spacial score (nSPS) is 14.1. The first-order valence-corrected chi connectivity index (χ1v) is 12.4. The van der Waals surface area contributed by atoms with Gasteiger partial charge in [-0.25, -0.2) is 0 Å². The monoisotopic (exact) mass is 612 g/mol. The number of rotatable bonds is 0. The average Bonchev–Trinajstić information content (AvgIpc) is 3.21. The highest BCUT2D eigenvalue weighted by Crippen LogP contribution is 2.48. The third kappa shape index (κ3) is 3.42. The summed E-state index contributed by atoms with van der Waals surface area (Å²) in [5.74, 6) is 0. The molecule has 2 heteroatoms. The van der Waals surface area contributed by atoms with Gasteiger partial charge in [-0.3, -0.25) is 0 Å². The van der Waals surface area contributed by atoms with E-state index in [1.165, 1.54) is 51.6 Å². The van der Waals surface area contributed by atoms with Crippen LogP contribution in [0.25, 0.3) is 22.3 Å². The summed E-state index contributed by atoms with van der Waals surface area (Å²) in [5, 5.41) is 0. The highest BCUT2D eigenvalue weighted by Gasteiger charge is 2.34. The number of benzene rings is 4. The van der Waals surface area contributed by atoms with Crippen molar-refractivity contribution >= 4 is 45.2 Å². The molecule has 2 aliphatic carbocycles. The molecule has 4 aromatic rings. The summed E-state index contributed by atoms with van der Waals surface area (Å²) in [5.41, 5.74) is 11.6. The van der Waals surface area contributed by atoms with Gasteiger partial charge in [0.25, 0.3) is 0 Å². The van der Waals surface area contributed by atoms with Gasteiger partial charge in [-0.1, -0.05) is 74.5 Å². The zero-order valence-corrected chi connectivity index (χ0v) is 21.4. The van der Waals surface area contributed by atoms with E-state index in [0.717, 1.165) is 6.42 Å². The largest absolute Gasteiger partial charge is 0.0619 e. The van der Waals surface area contributed by atoms with E-state index in [1.54, 1.807) is 0 Å². The molecule has 0 amide bonds. The molecule has 148 valence electrons. The minimum absolute atomic E-state index is 0.146. The van der Waals surface area contributed by atoms with E-state index < -0.39 is 0 Å². The van der Waals surface area contributed by atoms with Crippen LogP contribution in [0.4, 0.5) is 0 Å². The van der Waals surface area contributed by atoms with E-state index in [0.29, 0.717) is 0 Å². The molecule has 0 N–H and O–H groups in total. The van der Waals surface area contributed by atoms with Crippen LogP contribution in [0.1, 0.15) is 36.1 Å². The molecule has 6 rings (SSSR count). The lowest BCUT2D eigenvalue weighted by atomic mass is 9.82. The Morgan fingerprint density at radius 1 is 0.567 bits per heavy atom. The van der Waals surface area contributed by atoms with Gasteiger partial charge in [-0.2, -0.15) is 0 Å². The van der Waals surface area contributed by atoms with Crippen molar-refractivity contribution < 1.29 is 0 Å². The molecule has 2 aliphatic rings. The highest BCUT2D eigenvalue weighted by molar-refractivity contribution is 14.1. The lowest BCUT2D eigenvalue weighted by Crippen LogP contribution is -2.14. The third-order valence-electron chi connectivity index (χ3n) is 6.30. The minimum Gasteiger partial charge on any atom is -0.0619 e. The maximum absolute atomic E-state index is 2.39. The van der Waals surface area contributed by atoms with Crippen molar-refractivity contribution in [1.29, 1.82) is 0 Å². The number of hydrogen-bond donors (Lipinski definition) is 0. The fourth-order valence-electron chi connectivity index (χ4n) is 4.79. The van der Waals surface area contributed by atoms with Crippen LogP contribution in [0, 0.1) is 7.14 Å². The van der Waals surface area contributed by atoms with Crippen molar-refractivity contribution in [3.05, 3.63) is 114 Å². The summed E-state index contributed by atoms with van der Waals surface area (Å²) in [6, 6.07) is 30.9. The SMILES string of the molecule is CC1(C)c2ccccc2-c2ccc(I)cc21.Ic1ccc2c(c1)Cc1ccccc1-2. The maximum atomic E-state index is 2.39. The van der Waals surface area contributed by atoms with Crippen LogP contribution >= 0.6 is 45.2 Å². The Balaban J connectivity index is 0.000000130. The van der Waals surface area contributed by atoms with Crippen LogP contribution in [0.5, 0.6) is 0 Å². The van der Waals surface area contributed by atoms with Crippen LogP contribution in [0.3, 0.4) is 0 Å². The molecule has 0 spiro atoms. The van der Waals surface area contributed by atoms with Crippen molar-refractivity contribution in [2.24, 2.45) is 0 Å². The Morgan fingerprint density at radius 3 is 1.93 bits per heavy atom. The van der Waals surface area contributed by atoms with Gasteiger partial charge in [0, 0.05) is 12.6 Å². The quantitative estimate of drug-likeness (QED) is 0.154. The molecule has 0 bridgehead atoms. The predicted molar refractivity (Wildman–Crippen MR) is 144 cm³/mol. The van der Waals surface area contributed by atoms with Crippen LogP contribution in [-0.2, 0) is 11.8 Å². The molecule has 0 saturated carbocycles.